The zero-order chi connectivity index (χ0) is 19.2. The average Bonchev–Trinajstić information content (AvgIpc) is 3.06. The number of hydrogen-bond donors (Lipinski definition) is 1. The Morgan fingerprint density at radius 1 is 1.23 bits per heavy atom. The van der Waals surface area contributed by atoms with Crippen LogP contribution in [0.25, 0.3) is 0 Å². The number of carbonyl (C=O) groups is 2. The first-order valence-corrected chi connectivity index (χ1v) is 9.26. The van der Waals surface area contributed by atoms with E-state index in [2.05, 4.69) is 5.32 Å². The van der Waals surface area contributed by atoms with E-state index in [-0.39, 0.29) is 31.1 Å². The summed E-state index contributed by atoms with van der Waals surface area (Å²) in [6, 6.07) is 9.11. The van der Waals surface area contributed by atoms with E-state index >= 15 is 0 Å². The van der Waals surface area contributed by atoms with Gasteiger partial charge in [-0.15, -0.1) is 0 Å². The molecule has 0 radical (unpaired) electrons. The lowest BCUT2D eigenvalue weighted by Crippen LogP contribution is -2.34. The van der Waals surface area contributed by atoms with Crippen LogP contribution in [0.1, 0.15) is 12.0 Å². The van der Waals surface area contributed by atoms with Crippen LogP contribution in [-0.4, -0.2) is 53.5 Å². The summed E-state index contributed by atoms with van der Waals surface area (Å²) in [5.41, 5.74) is 0.937. The zero-order valence-corrected chi connectivity index (χ0v) is 16.6. The van der Waals surface area contributed by atoms with Gasteiger partial charge < -0.3 is 19.7 Å². The van der Waals surface area contributed by atoms with Crippen molar-refractivity contribution in [2.45, 2.75) is 22.9 Å². The number of halogens is 3. The van der Waals surface area contributed by atoms with E-state index in [1.165, 1.54) is 4.90 Å². The second-order valence-corrected chi connectivity index (χ2v) is 8.72. The van der Waals surface area contributed by atoms with E-state index in [0.29, 0.717) is 19.5 Å². The van der Waals surface area contributed by atoms with Gasteiger partial charge in [0, 0.05) is 20.1 Å². The minimum atomic E-state index is -1.64. The highest BCUT2D eigenvalue weighted by atomic mass is 35.6. The predicted octanol–water partition coefficient (Wildman–Crippen LogP) is 3.15. The van der Waals surface area contributed by atoms with Crippen molar-refractivity contribution in [3.8, 4) is 0 Å². The zero-order valence-electron chi connectivity index (χ0n) is 14.3. The fraction of sp³-hybridized carbons (Fsp3) is 0.529. The van der Waals surface area contributed by atoms with Crippen LogP contribution in [-0.2, 0) is 20.9 Å². The summed E-state index contributed by atoms with van der Waals surface area (Å²) in [5.74, 6) is -0.188. The van der Waals surface area contributed by atoms with Gasteiger partial charge in [-0.05, 0) is 17.9 Å². The van der Waals surface area contributed by atoms with Crippen LogP contribution in [0.15, 0.2) is 30.3 Å². The van der Waals surface area contributed by atoms with Gasteiger partial charge in [0.15, 0.2) is 0 Å². The molecule has 144 valence electrons. The number of amides is 1. The third kappa shape index (κ3) is 7.19. The number of carbonyl (C=O) groups excluding carboxylic acids is 2. The Labute approximate surface area is 167 Å². The monoisotopic (exact) mass is 422 g/mol. The molecule has 1 amide bonds. The molecule has 2 rings (SSSR count). The summed E-state index contributed by atoms with van der Waals surface area (Å²) >= 11 is 16.7. The van der Waals surface area contributed by atoms with Gasteiger partial charge in [0.2, 0.25) is 3.79 Å². The van der Waals surface area contributed by atoms with Crippen molar-refractivity contribution in [2.24, 2.45) is 5.92 Å². The minimum absolute atomic E-state index is 0.106. The first kappa shape index (κ1) is 21.1. The molecule has 1 aromatic carbocycles. The number of ether oxygens (including phenoxy) is 2. The van der Waals surface area contributed by atoms with Crippen LogP contribution < -0.4 is 5.32 Å². The molecule has 0 aromatic heterocycles. The maximum atomic E-state index is 12.2. The number of benzene rings is 1. The molecule has 1 fully saturated rings. The van der Waals surface area contributed by atoms with Crippen LogP contribution in [0.3, 0.4) is 0 Å². The third-order valence-corrected chi connectivity index (χ3v) is 4.26. The Morgan fingerprint density at radius 2 is 1.92 bits per heavy atom. The van der Waals surface area contributed by atoms with E-state index in [0.717, 1.165) is 5.56 Å². The van der Waals surface area contributed by atoms with Crippen molar-refractivity contribution < 1.29 is 19.1 Å². The molecule has 1 aliphatic heterocycles. The highest BCUT2D eigenvalue weighted by molar-refractivity contribution is 6.67. The normalized spacial score (nSPS) is 19.8. The Hall–Kier alpha value is -1.21. The van der Waals surface area contributed by atoms with Gasteiger partial charge in [-0.25, -0.2) is 4.79 Å². The molecule has 1 N–H and O–H groups in total. The minimum Gasteiger partial charge on any atom is -0.460 e. The molecule has 1 aromatic rings. The SMILES string of the molecule is CN(CC1CNC(C(=O)OCc2ccccc2)C1)C(=O)OCC(Cl)(Cl)Cl. The smallest absolute Gasteiger partial charge is 0.409 e. The second kappa shape index (κ2) is 9.65. The molecule has 1 aliphatic rings. The Morgan fingerprint density at radius 3 is 2.58 bits per heavy atom. The Bertz CT molecular complexity index is 610. The van der Waals surface area contributed by atoms with Crippen molar-refractivity contribution in [1.29, 1.82) is 0 Å². The van der Waals surface area contributed by atoms with E-state index in [9.17, 15) is 9.59 Å². The fourth-order valence-corrected chi connectivity index (χ4v) is 2.84. The van der Waals surface area contributed by atoms with E-state index < -0.39 is 9.89 Å². The predicted molar refractivity (Wildman–Crippen MR) is 100 cm³/mol. The van der Waals surface area contributed by atoms with Crippen molar-refractivity contribution in [2.75, 3.05) is 26.7 Å². The highest BCUT2D eigenvalue weighted by Gasteiger charge is 2.32. The molecule has 2 unspecified atom stereocenters. The average molecular weight is 424 g/mol. The third-order valence-electron chi connectivity index (χ3n) is 3.93. The molecule has 6 nitrogen and oxygen atoms in total. The first-order chi connectivity index (χ1) is 12.2. The number of alkyl halides is 3. The second-order valence-electron chi connectivity index (χ2n) is 6.21. The first-order valence-electron chi connectivity index (χ1n) is 8.13. The molecule has 0 saturated carbocycles. The maximum Gasteiger partial charge on any atom is 0.409 e. The van der Waals surface area contributed by atoms with Gasteiger partial charge >= 0.3 is 12.1 Å². The van der Waals surface area contributed by atoms with Crippen LogP contribution in [0.2, 0.25) is 0 Å². The van der Waals surface area contributed by atoms with Crippen molar-refractivity contribution in [3.63, 3.8) is 0 Å². The number of rotatable bonds is 6. The largest absolute Gasteiger partial charge is 0.460 e. The molecule has 1 saturated heterocycles. The van der Waals surface area contributed by atoms with Gasteiger partial charge in [0.05, 0.1) is 0 Å². The summed E-state index contributed by atoms with van der Waals surface area (Å²) in [4.78, 5) is 25.4. The Kier molecular flexibility index (Phi) is 7.83. The van der Waals surface area contributed by atoms with Gasteiger partial charge in [-0.1, -0.05) is 65.1 Å². The van der Waals surface area contributed by atoms with Crippen LogP contribution >= 0.6 is 34.8 Å². The van der Waals surface area contributed by atoms with Crippen molar-refractivity contribution in [1.82, 2.24) is 10.2 Å². The molecule has 2 atom stereocenters. The number of hydrogen-bond acceptors (Lipinski definition) is 5. The van der Waals surface area contributed by atoms with Crippen LogP contribution in [0, 0.1) is 5.92 Å². The highest BCUT2D eigenvalue weighted by Crippen LogP contribution is 2.26. The molecule has 0 spiro atoms. The number of nitrogens with zero attached hydrogens (tertiary/aromatic N) is 1. The summed E-state index contributed by atoms with van der Waals surface area (Å²) in [6.45, 7) is 0.950. The van der Waals surface area contributed by atoms with Crippen LogP contribution in [0.4, 0.5) is 4.79 Å². The number of nitrogens with one attached hydrogen (secondary N) is 1. The molecule has 0 aliphatic carbocycles. The molecular formula is C17H21Cl3N2O4. The molecule has 9 heteroatoms. The standard InChI is InChI=1S/C17H21Cl3N2O4/c1-22(16(24)26-11-17(18,19)20)9-13-7-14(21-8-13)15(23)25-10-12-5-3-2-4-6-12/h2-6,13-14,21H,7-11H2,1H3. The lowest BCUT2D eigenvalue weighted by atomic mass is 10.1. The quantitative estimate of drug-likeness (QED) is 0.562. The van der Waals surface area contributed by atoms with Gasteiger partial charge in [0.25, 0.3) is 0 Å². The Balaban J connectivity index is 1.72. The van der Waals surface area contributed by atoms with E-state index in [1.54, 1.807) is 7.05 Å². The maximum absolute atomic E-state index is 12.2. The molecule has 26 heavy (non-hydrogen) atoms. The van der Waals surface area contributed by atoms with Gasteiger partial charge in [-0.2, -0.15) is 0 Å². The lowest BCUT2D eigenvalue weighted by Gasteiger charge is -2.21. The topological polar surface area (TPSA) is 67.9 Å². The van der Waals surface area contributed by atoms with Crippen LogP contribution in [0.5, 0.6) is 0 Å². The summed E-state index contributed by atoms with van der Waals surface area (Å²) < 4.78 is 8.62. The van der Waals surface area contributed by atoms with E-state index in [1.807, 2.05) is 30.3 Å². The van der Waals surface area contributed by atoms with Crippen molar-refractivity contribution >= 4 is 46.9 Å². The van der Waals surface area contributed by atoms with Gasteiger partial charge in [-0.3, -0.25) is 4.79 Å². The molecular weight excluding hydrogens is 403 g/mol. The van der Waals surface area contributed by atoms with Crippen molar-refractivity contribution in [3.05, 3.63) is 35.9 Å². The summed E-state index contributed by atoms with van der Waals surface area (Å²) in [5, 5.41) is 3.13. The lowest BCUT2D eigenvalue weighted by molar-refractivity contribution is -0.147. The fourth-order valence-electron chi connectivity index (χ4n) is 2.67. The molecule has 0 bridgehead atoms. The number of esters is 1. The summed E-state index contributed by atoms with van der Waals surface area (Å²) in [6.07, 6.45) is 0.00169. The molecule has 1 heterocycles. The van der Waals surface area contributed by atoms with Gasteiger partial charge in [0.1, 0.15) is 19.3 Å². The van der Waals surface area contributed by atoms with E-state index in [4.69, 9.17) is 44.3 Å². The summed E-state index contributed by atoms with van der Waals surface area (Å²) in [7, 11) is 1.60.